The first-order valence-electron chi connectivity index (χ1n) is 3.98. The van der Waals surface area contributed by atoms with Crippen molar-refractivity contribution in [1.29, 1.82) is 0 Å². The third-order valence-electron chi connectivity index (χ3n) is 1.74. The van der Waals surface area contributed by atoms with Gasteiger partial charge in [-0.3, -0.25) is 0 Å². The van der Waals surface area contributed by atoms with Crippen molar-refractivity contribution >= 4 is 5.95 Å². The number of aromatic nitrogens is 2. The largest absolute Gasteiger partial charge is 0.434 e. The first kappa shape index (κ1) is 9.66. The van der Waals surface area contributed by atoms with Gasteiger partial charge in [0, 0.05) is 0 Å². The van der Waals surface area contributed by atoms with E-state index in [-0.39, 0.29) is 12.5 Å². The van der Waals surface area contributed by atoms with Crippen molar-refractivity contribution in [3.8, 4) is 0 Å². The Morgan fingerprint density at radius 1 is 1.85 bits per heavy atom. The van der Waals surface area contributed by atoms with Gasteiger partial charge in [-0.15, -0.1) is 0 Å². The normalized spacial score (nSPS) is 12.8. The Bertz CT molecular complexity index is 297. The summed E-state index contributed by atoms with van der Waals surface area (Å²) < 4.78 is 1.33. The highest BCUT2D eigenvalue weighted by Gasteiger charge is 2.15. The van der Waals surface area contributed by atoms with E-state index in [0.717, 1.165) is 0 Å². The summed E-state index contributed by atoms with van der Waals surface area (Å²) in [5, 5.41) is 19.7. The van der Waals surface area contributed by atoms with E-state index in [1.54, 1.807) is 0 Å². The fourth-order valence-electron chi connectivity index (χ4n) is 0.972. The van der Waals surface area contributed by atoms with Gasteiger partial charge >= 0.3 is 5.95 Å². The van der Waals surface area contributed by atoms with Crippen LogP contribution in [0, 0.1) is 10.1 Å². The SMILES string of the molecule is CCC(O)Cn1ccnc1[N+](=O)[O-]. The van der Waals surface area contributed by atoms with Crippen molar-refractivity contribution in [1.82, 2.24) is 9.55 Å². The van der Waals surface area contributed by atoms with E-state index in [0.29, 0.717) is 6.42 Å². The van der Waals surface area contributed by atoms with Crippen LogP contribution in [-0.4, -0.2) is 25.7 Å². The zero-order valence-corrected chi connectivity index (χ0v) is 7.25. The molecule has 1 rings (SSSR count). The summed E-state index contributed by atoms with van der Waals surface area (Å²) in [5.74, 6) is -0.229. The molecule has 0 saturated carbocycles. The average molecular weight is 185 g/mol. The van der Waals surface area contributed by atoms with Gasteiger partial charge in [0.15, 0.2) is 0 Å². The predicted molar refractivity (Wildman–Crippen MR) is 45.2 cm³/mol. The van der Waals surface area contributed by atoms with Gasteiger partial charge in [0.1, 0.15) is 12.4 Å². The lowest BCUT2D eigenvalue weighted by atomic mass is 10.3. The fourth-order valence-corrected chi connectivity index (χ4v) is 0.972. The number of aliphatic hydroxyl groups excluding tert-OH is 1. The molecule has 0 aliphatic carbocycles. The number of hydrogen-bond acceptors (Lipinski definition) is 4. The molecule has 0 bridgehead atoms. The van der Waals surface area contributed by atoms with E-state index in [1.165, 1.54) is 17.0 Å². The second-order valence-corrected chi connectivity index (χ2v) is 2.70. The van der Waals surface area contributed by atoms with Crippen LogP contribution in [0.2, 0.25) is 0 Å². The minimum atomic E-state index is -0.567. The molecule has 0 radical (unpaired) electrons. The summed E-state index contributed by atoms with van der Waals surface area (Å²) in [6, 6.07) is 0. The molecule has 6 nitrogen and oxygen atoms in total. The van der Waals surface area contributed by atoms with E-state index >= 15 is 0 Å². The molecule has 1 aromatic rings. The van der Waals surface area contributed by atoms with Gasteiger partial charge in [0.2, 0.25) is 0 Å². The smallest absolute Gasteiger partial charge is 0.390 e. The number of hydrogen-bond donors (Lipinski definition) is 1. The average Bonchev–Trinajstić information content (AvgIpc) is 2.52. The maximum atomic E-state index is 10.4. The van der Waals surface area contributed by atoms with Gasteiger partial charge < -0.3 is 15.2 Å². The van der Waals surface area contributed by atoms with E-state index in [2.05, 4.69) is 4.98 Å². The minimum absolute atomic E-state index is 0.215. The number of aliphatic hydroxyl groups is 1. The molecule has 72 valence electrons. The van der Waals surface area contributed by atoms with Gasteiger partial charge in [-0.25, -0.2) is 4.57 Å². The van der Waals surface area contributed by atoms with Crippen molar-refractivity contribution in [2.75, 3.05) is 0 Å². The summed E-state index contributed by atoms with van der Waals surface area (Å²) in [7, 11) is 0. The quantitative estimate of drug-likeness (QED) is 0.549. The van der Waals surface area contributed by atoms with Crippen LogP contribution in [0.25, 0.3) is 0 Å². The molecule has 1 atom stereocenters. The molecule has 6 heteroatoms. The van der Waals surface area contributed by atoms with Gasteiger partial charge in [-0.2, -0.15) is 0 Å². The van der Waals surface area contributed by atoms with Crippen molar-refractivity contribution in [2.24, 2.45) is 0 Å². The molecule has 0 aliphatic rings. The van der Waals surface area contributed by atoms with E-state index in [4.69, 9.17) is 0 Å². The molecule has 0 aromatic carbocycles. The standard InChI is InChI=1S/C7H11N3O3/c1-2-6(11)5-9-4-3-8-7(9)10(12)13/h3-4,6,11H,2,5H2,1H3. The maximum absolute atomic E-state index is 10.4. The van der Waals surface area contributed by atoms with Gasteiger partial charge in [0.05, 0.1) is 12.6 Å². The number of nitrogens with zero attached hydrogens (tertiary/aromatic N) is 3. The van der Waals surface area contributed by atoms with Gasteiger partial charge in [0.25, 0.3) is 0 Å². The lowest BCUT2D eigenvalue weighted by Gasteiger charge is -2.05. The Hall–Kier alpha value is -1.43. The molecular formula is C7H11N3O3. The lowest BCUT2D eigenvalue weighted by Crippen LogP contribution is -2.15. The van der Waals surface area contributed by atoms with E-state index in [1.807, 2.05) is 6.92 Å². The summed E-state index contributed by atoms with van der Waals surface area (Å²) in [5.41, 5.74) is 0. The van der Waals surface area contributed by atoms with E-state index in [9.17, 15) is 15.2 Å². The molecule has 0 amide bonds. The highest BCUT2D eigenvalue weighted by Crippen LogP contribution is 2.08. The summed E-state index contributed by atoms with van der Waals surface area (Å²) in [6.45, 7) is 2.03. The molecule has 0 spiro atoms. The third-order valence-corrected chi connectivity index (χ3v) is 1.74. The van der Waals surface area contributed by atoms with Crippen LogP contribution < -0.4 is 0 Å². The Morgan fingerprint density at radius 2 is 2.54 bits per heavy atom. The minimum Gasteiger partial charge on any atom is -0.390 e. The zero-order chi connectivity index (χ0) is 9.84. The molecule has 1 aromatic heterocycles. The zero-order valence-electron chi connectivity index (χ0n) is 7.25. The first-order chi connectivity index (χ1) is 6.15. The van der Waals surface area contributed by atoms with Crippen LogP contribution >= 0.6 is 0 Å². The Kier molecular flexibility index (Phi) is 2.97. The predicted octanol–water partition coefficient (Wildman–Crippen LogP) is 0.562. The van der Waals surface area contributed by atoms with Crippen LogP contribution in [0.1, 0.15) is 13.3 Å². The third kappa shape index (κ3) is 2.25. The molecule has 1 unspecified atom stereocenters. The molecule has 1 N–H and O–H groups in total. The van der Waals surface area contributed by atoms with Crippen LogP contribution in [-0.2, 0) is 6.54 Å². The van der Waals surface area contributed by atoms with Crippen molar-refractivity contribution < 1.29 is 10.0 Å². The molecular weight excluding hydrogens is 174 g/mol. The van der Waals surface area contributed by atoms with Crippen LogP contribution in [0.5, 0.6) is 0 Å². The maximum Gasteiger partial charge on any atom is 0.434 e. The summed E-state index contributed by atoms with van der Waals surface area (Å²) in [4.78, 5) is 13.4. The second kappa shape index (κ2) is 3.99. The molecule has 0 fully saturated rings. The lowest BCUT2D eigenvalue weighted by molar-refractivity contribution is -0.397. The van der Waals surface area contributed by atoms with Crippen LogP contribution in [0.4, 0.5) is 5.95 Å². The monoisotopic (exact) mass is 185 g/mol. The van der Waals surface area contributed by atoms with Crippen LogP contribution in [0.15, 0.2) is 12.4 Å². The number of rotatable bonds is 4. The van der Waals surface area contributed by atoms with Gasteiger partial charge in [-0.05, 0) is 11.3 Å². The molecule has 1 heterocycles. The van der Waals surface area contributed by atoms with E-state index < -0.39 is 11.0 Å². The Labute approximate surface area is 75.0 Å². The first-order valence-corrected chi connectivity index (χ1v) is 3.98. The van der Waals surface area contributed by atoms with Crippen LogP contribution in [0.3, 0.4) is 0 Å². The highest BCUT2D eigenvalue weighted by atomic mass is 16.6. The highest BCUT2D eigenvalue weighted by molar-refractivity contribution is 5.06. The van der Waals surface area contributed by atoms with Gasteiger partial charge in [-0.1, -0.05) is 11.9 Å². The summed E-state index contributed by atoms with van der Waals surface area (Å²) in [6.07, 6.45) is 2.83. The molecule has 13 heavy (non-hydrogen) atoms. The fraction of sp³-hybridized carbons (Fsp3) is 0.571. The molecule has 0 saturated heterocycles. The van der Waals surface area contributed by atoms with Crippen molar-refractivity contribution in [2.45, 2.75) is 26.0 Å². The summed E-state index contributed by atoms with van der Waals surface area (Å²) >= 11 is 0. The van der Waals surface area contributed by atoms with Crippen molar-refractivity contribution in [3.63, 3.8) is 0 Å². The number of nitro groups is 1. The topological polar surface area (TPSA) is 81.2 Å². The Morgan fingerprint density at radius 3 is 3.08 bits per heavy atom. The van der Waals surface area contributed by atoms with Crippen molar-refractivity contribution in [3.05, 3.63) is 22.5 Å². The molecule has 0 aliphatic heterocycles. The Balaban J connectivity index is 2.76. The second-order valence-electron chi connectivity index (χ2n) is 2.70. The number of imidazole rings is 1.